The molecule has 2 rings (SSSR count). The summed E-state index contributed by atoms with van der Waals surface area (Å²) in [6.07, 6.45) is 1.12. The van der Waals surface area contributed by atoms with Crippen molar-refractivity contribution in [3.63, 3.8) is 0 Å². The number of fused-ring (bicyclic) bond motifs is 1. The third kappa shape index (κ3) is 3.30. The zero-order chi connectivity index (χ0) is 15.4. The maximum absolute atomic E-state index is 6.23. The van der Waals surface area contributed by atoms with Crippen LogP contribution in [-0.4, -0.2) is 13.7 Å². The molecule has 0 atom stereocenters. The van der Waals surface area contributed by atoms with Crippen LogP contribution in [0, 0.1) is 6.92 Å². The molecule has 1 aromatic carbocycles. The van der Waals surface area contributed by atoms with Crippen molar-refractivity contribution in [2.45, 2.75) is 53.2 Å². The minimum absolute atomic E-state index is 0.450. The fraction of sp³-hybridized carbons (Fsp3) is 0.556. The number of hydrogen-bond acceptors (Lipinski definition) is 3. The summed E-state index contributed by atoms with van der Waals surface area (Å²) in [6.45, 7) is 11.1. The normalized spacial score (nSPS) is 11.7. The first-order valence-electron chi connectivity index (χ1n) is 7.83. The fourth-order valence-electron chi connectivity index (χ4n) is 2.78. The van der Waals surface area contributed by atoms with Gasteiger partial charge in [-0.25, -0.2) is 0 Å². The van der Waals surface area contributed by atoms with Gasteiger partial charge in [0.1, 0.15) is 11.3 Å². The van der Waals surface area contributed by atoms with Gasteiger partial charge in [-0.3, -0.25) is 0 Å². The van der Waals surface area contributed by atoms with Gasteiger partial charge in [-0.2, -0.15) is 0 Å². The Labute approximate surface area is 127 Å². The van der Waals surface area contributed by atoms with Crippen LogP contribution >= 0.6 is 0 Å². The summed E-state index contributed by atoms with van der Waals surface area (Å²) in [7, 11) is 1.74. The predicted molar refractivity (Wildman–Crippen MR) is 87.8 cm³/mol. The number of hydrogen-bond donors (Lipinski definition) is 1. The second-order valence-corrected chi connectivity index (χ2v) is 5.94. The predicted octanol–water partition coefficient (Wildman–Crippen LogP) is 4.51. The van der Waals surface area contributed by atoms with Gasteiger partial charge in [-0.15, -0.1) is 0 Å². The Morgan fingerprint density at radius 1 is 1.29 bits per heavy atom. The Balaban J connectivity index is 2.54. The lowest BCUT2D eigenvalue weighted by Gasteiger charge is -2.08. The number of furan rings is 1. The molecule has 1 heterocycles. The molecular formula is C18H27NO2. The molecule has 1 aromatic heterocycles. The van der Waals surface area contributed by atoms with Crippen molar-refractivity contribution in [1.29, 1.82) is 0 Å². The first-order chi connectivity index (χ1) is 10.1. The van der Waals surface area contributed by atoms with E-state index in [1.807, 2.05) is 0 Å². The molecule has 0 saturated heterocycles. The van der Waals surface area contributed by atoms with Crippen LogP contribution in [0.3, 0.4) is 0 Å². The van der Waals surface area contributed by atoms with E-state index < -0.39 is 0 Å². The standard InChI is InChI=1S/C18H27NO2/c1-6-9-19-10-16-15(11-20-5)17-13(4)7-8-14(12(2)3)18(17)21-16/h7-8,12,19H,6,9-11H2,1-5H3. The van der Waals surface area contributed by atoms with Gasteiger partial charge in [-0.1, -0.05) is 32.9 Å². The molecule has 0 bridgehead atoms. The van der Waals surface area contributed by atoms with E-state index >= 15 is 0 Å². The third-order valence-electron chi connectivity index (χ3n) is 3.88. The lowest BCUT2D eigenvalue weighted by atomic mass is 9.97. The van der Waals surface area contributed by atoms with Gasteiger partial charge >= 0.3 is 0 Å². The van der Waals surface area contributed by atoms with E-state index in [0.717, 1.165) is 30.9 Å². The largest absolute Gasteiger partial charge is 0.459 e. The second kappa shape index (κ2) is 7.10. The van der Waals surface area contributed by atoms with Gasteiger partial charge in [0, 0.05) is 18.1 Å². The average molecular weight is 289 g/mol. The van der Waals surface area contributed by atoms with Crippen LogP contribution in [0.25, 0.3) is 11.0 Å². The summed E-state index contributed by atoms with van der Waals surface area (Å²) >= 11 is 0. The molecule has 2 aromatic rings. The SMILES string of the molecule is CCCNCc1oc2c(C(C)C)ccc(C)c2c1COC. The van der Waals surface area contributed by atoms with Gasteiger partial charge in [0.2, 0.25) is 0 Å². The Kier molecular flexibility index (Phi) is 5.43. The van der Waals surface area contributed by atoms with Crippen molar-refractivity contribution in [3.05, 3.63) is 34.6 Å². The molecule has 21 heavy (non-hydrogen) atoms. The third-order valence-corrected chi connectivity index (χ3v) is 3.88. The number of nitrogens with one attached hydrogen (secondary N) is 1. The van der Waals surface area contributed by atoms with E-state index in [1.54, 1.807) is 7.11 Å². The first kappa shape index (κ1) is 16.1. The molecule has 0 amide bonds. The summed E-state index contributed by atoms with van der Waals surface area (Å²) in [5.41, 5.74) is 4.75. The Hall–Kier alpha value is -1.32. The smallest absolute Gasteiger partial charge is 0.138 e. The monoisotopic (exact) mass is 289 g/mol. The number of aryl methyl sites for hydroxylation is 1. The zero-order valence-corrected chi connectivity index (χ0v) is 13.9. The van der Waals surface area contributed by atoms with Crippen LogP contribution in [0.4, 0.5) is 0 Å². The van der Waals surface area contributed by atoms with Crippen molar-refractivity contribution in [1.82, 2.24) is 5.32 Å². The number of methoxy groups -OCH3 is 1. The van der Waals surface area contributed by atoms with Gasteiger partial charge in [0.05, 0.1) is 13.2 Å². The number of ether oxygens (including phenoxy) is 1. The maximum Gasteiger partial charge on any atom is 0.138 e. The van der Waals surface area contributed by atoms with Crippen LogP contribution in [0.15, 0.2) is 16.5 Å². The summed E-state index contributed by atoms with van der Waals surface area (Å²) in [5.74, 6) is 1.46. The Bertz CT molecular complexity index is 599. The molecule has 0 aliphatic carbocycles. The Morgan fingerprint density at radius 2 is 2.05 bits per heavy atom. The van der Waals surface area contributed by atoms with Crippen molar-refractivity contribution >= 4 is 11.0 Å². The van der Waals surface area contributed by atoms with E-state index in [4.69, 9.17) is 9.15 Å². The average Bonchev–Trinajstić information content (AvgIpc) is 2.79. The molecule has 0 fully saturated rings. The van der Waals surface area contributed by atoms with Gasteiger partial charge < -0.3 is 14.5 Å². The zero-order valence-electron chi connectivity index (χ0n) is 13.9. The van der Waals surface area contributed by atoms with Gasteiger partial charge in [-0.05, 0) is 36.9 Å². The van der Waals surface area contributed by atoms with E-state index in [9.17, 15) is 0 Å². The molecule has 0 spiro atoms. The molecule has 0 radical (unpaired) electrons. The highest BCUT2D eigenvalue weighted by molar-refractivity contribution is 5.88. The van der Waals surface area contributed by atoms with E-state index in [-0.39, 0.29) is 0 Å². The molecular weight excluding hydrogens is 262 g/mol. The number of benzene rings is 1. The van der Waals surface area contributed by atoms with Crippen molar-refractivity contribution in [2.24, 2.45) is 0 Å². The molecule has 3 nitrogen and oxygen atoms in total. The maximum atomic E-state index is 6.23. The van der Waals surface area contributed by atoms with Crippen molar-refractivity contribution < 1.29 is 9.15 Å². The summed E-state index contributed by atoms with van der Waals surface area (Å²) < 4.78 is 11.6. The van der Waals surface area contributed by atoms with Crippen molar-refractivity contribution in [2.75, 3.05) is 13.7 Å². The number of rotatable bonds is 7. The van der Waals surface area contributed by atoms with E-state index in [1.165, 1.54) is 22.1 Å². The molecule has 0 aliphatic heterocycles. The second-order valence-electron chi connectivity index (χ2n) is 5.94. The summed E-state index contributed by atoms with van der Waals surface area (Å²) in [4.78, 5) is 0. The minimum Gasteiger partial charge on any atom is -0.459 e. The van der Waals surface area contributed by atoms with E-state index in [2.05, 4.69) is 45.1 Å². The lowest BCUT2D eigenvalue weighted by molar-refractivity contribution is 0.183. The van der Waals surface area contributed by atoms with Crippen LogP contribution in [0.1, 0.15) is 55.6 Å². The molecule has 1 N–H and O–H groups in total. The summed E-state index contributed by atoms with van der Waals surface area (Å²) in [5, 5.41) is 4.66. The molecule has 3 heteroatoms. The van der Waals surface area contributed by atoms with Crippen LogP contribution in [0.5, 0.6) is 0 Å². The van der Waals surface area contributed by atoms with E-state index in [0.29, 0.717) is 12.5 Å². The Morgan fingerprint density at radius 3 is 2.67 bits per heavy atom. The first-order valence-corrected chi connectivity index (χ1v) is 7.83. The topological polar surface area (TPSA) is 34.4 Å². The van der Waals surface area contributed by atoms with Crippen LogP contribution in [-0.2, 0) is 17.9 Å². The highest BCUT2D eigenvalue weighted by Crippen LogP contribution is 2.34. The minimum atomic E-state index is 0.450. The molecule has 116 valence electrons. The van der Waals surface area contributed by atoms with Crippen LogP contribution in [0.2, 0.25) is 0 Å². The van der Waals surface area contributed by atoms with Crippen molar-refractivity contribution in [3.8, 4) is 0 Å². The highest BCUT2D eigenvalue weighted by atomic mass is 16.5. The van der Waals surface area contributed by atoms with Gasteiger partial charge in [0.15, 0.2) is 0 Å². The molecule has 0 saturated carbocycles. The highest BCUT2D eigenvalue weighted by Gasteiger charge is 2.19. The molecule has 0 unspecified atom stereocenters. The van der Waals surface area contributed by atoms with Gasteiger partial charge in [0.25, 0.3) is 0 Å². The van der Waals surface area contributed by atoms with Crippen LogP contribution < -0.4 is 5.32 Å². The quantitative estimate of drug-likeness (QED) is 0.761. The summed E-state index contributed by atoms with van der Waals surface area (Å²) in [6, 6.07) is 4.38. The fourth-order valence-corrected chi connectivity index (χ4v) is 2.78. The molecule has 0 aliphatic rings. The lowest BCUT2D eigenvalue weighted by Crippen LogP contribution is -2.14.